The Labute approximate surface area is 457 Å². The highest BCUT2D eigenvalue weighted by Crippen LogP contribution is 2.43. The Balaban J connectivity index is 3.92. The molecule has 2 unspecified atom stereocenters. The Kier molecular flexibility index (Phi) is 58.1. The molecule has 9 nitrogen and oxygen atoms in total. The van der Waals surface area contributed by atoms with Crippen molar-refractivity contribution in [3.05, 3.63) is 60.8 Å². The maximum Gasteiger partial charge on any atom is 0.472 e. The molecular weight excluding hydrogens is 942 g/mol. The van der Waals surface area contributed by atoms with Crippen molar-refractivity contribution in [1.29, 1.82) is 0 Å². The number of phosphoric ester groups is 1. The van der Waals surface area contributed by atoms with Crippen molar-refractivity contribution >= 4 is 19.8 Å². The molecule has 432 valence electrons. The van der Waals surface area contributed by atoms with Gasteiger partial charge in [-0.3, -0.25) is 18.6 Å². The van der Waals surface area contributed by atoms with Gasteiger partial charge in [-0.15, -0.1) is 0 Å². The molecule has 0 rings (SSSR count). The second-order valence-corrected chi connectivity index (χ2v) is 22.4. The van der Waals surface area contributed by atoms with Gasteiger partial charge in [0.15, 0.2) is 6.10 Å². The van der Waals surface area contributed by atoms with Gasteiger partial charge in [-0.1, -0.05) is 293 Å². The Morgan fingerprint density at radius 2 is 0.743 bits per heavy atom. The third-order valence-corrected chi connectivity index (χ3v) is 14.7. The zero-order chi connectivity index (χ0) is 53.8. The molecule has 2 atom stereocenters. The van der Waals surface area contributed by atoms with Crippen molar-refractivity contribution in [3.8, 4) is 0 Å². The van der Waals surface area contributed by atoms with Crippen LogP contribution in [0, 0.1) is 0 Å². The minimum absolute atomic E-state index is 0.0526. The number of hydrogen-bond acceptors (Lipinski definition) is 8. The number of ether oxygens (including phenoxy) is 2. The summed E-state index contributed by atoms with van der Waals surface area (Å²) in [5.41, 5.74) is 5.39. The predicted molar refractivity (Wildman–Crippen MR) is 316 cm³/mol. The van der Waals surface area contributed by atoms with E-state index in [9.17, 15) is 19.0 Å². The predicted octanol–water partition coefficient (Wildman–Crippen LogP) is 19.9. The lowest BCUT2D eigenvalue weighted by Gasteiger charge is -2.19. The van der Waals surface area contributed by atoms with Crippen molar-refractivity contribution in [3.63, 3.8) is 0 Å². The first-order valence-corrected chi connectivity index (χ1v) is 32.8. The van der Waals surface area contributed by atoms with Gasteiger partial charge in [-0.2, -0.15) is 0 Å². The van der Waals surface area contributed by atoms with E-state index in [4.69, 9.17) is 24.3 Å². The van der Waals surface area contributed by atoms with Gasteiger partial charge in [0.2, 0.25) is 0 Å². The molecular formula is C64H118NO8P. The standard InChI is InChI=1S/C64H118NO8P/c1-3-5-7-9-11-13-15-17-19-21-23-25-27-29-31-33-35-37-39-41-43-45-47-49-51-53-55-57-64(67)73-62(61-72-74(68,69)71-59-58-65)60-70-63(66)56-54-52-50-48-46-44-42-40-38-36-34-32-30-28-26-24-22-20-18-16-14-12-10-8-6-4-2/h5,7,11,13,17,19,23,25,29,31,62H,3-4,6,8-10,12,14-16,18,20-22,24,26-28,30,32-61,65H2,1-2H3,(H,68,69)/b7-5-,13-11-,19-17-,25-23-,31-29-. The lowest BCUT2D eigenvalue weighted by Crippen LogP contribution is -2.29. The second kappa shape index (κ2) is 59.9. The molecule has 0 aromatic heterocycles. The number of unbranched alkanes of at least 4 members (excludes halogenated alkanes) is 36. The average Bonchev–Trinajstić information content (AvgIpc) is 3.39. The molecule has 0 bridgehead atoms. The summed E-state index contributed by atoms with van der Waals surface area (Å²) in [5.74, 6) is -0.818. The number of carbonyl (C=O) groups is 2. The molecule has 10 heteroatoms. The molecule has 0 aromatic rings. The monoisotopic (exact) mass is 1060 g/mol. The van der Waals surface area contributed by atoms with Gasteiger partial charge in [0.25, 0.3) is 0 Å². The summed E-state index contributed by atoms with van der Waals surface area (Å²) >= 11 is 0. The maximum absolute atomic E-state index is 12.7. The minimum atomic E-state index is -4.39. The minimum Gasteiger partial charge on any atom is -0.462 e. The fraction of sp³-hybridized carbons (Fsp3) is 0.812. The molecule has 0 saturated carbocycles. The van der Waals surface area contributed by atoms with E-state index in [1.807, 2.05) is 0 Å². The van der Waals surface area contributed by atoms with Crippen LogP contribution in [0.2, 0.25) is 0 Å². The lowest BCUT2D eigenvalue weighted by atomic mass is 10.0. The average molecular weight is 1060 g/mol. The van der Waals surface area contributed by atoms with Gasteiger partial charge in [0.05, 0.1) is 13.2 Å². The van der Waals surface area contributed by atoms with E-state index in [1.54, 1.807) is 0 Å². The zero-order valence-electron chi connectivity index (χ0n) is 48.3. The summed E-state index contributed by atoms with van der Waals surface area (Å²) in [6.07, 6.45) is 75.7. The van der Waals surface area contributed by atoms with Crippen LogP contribution in [0.1, 0.15) is 303 Å². The number of phosphoric acid groups is 1. The van der Waals surface area contributed by atoms with Crippen molar-refractivity contribution in [2.24, 2.45) is 5.73 Å². The summed E-state index contributed by atoms with van der Waals surface area (Å²) in [4.78, 5) is 35.3. The summed E-state index contributed by atoms with van der Waals surface area (Å²) in [7, 11) is -4.39. The summed E-state index contributed by atoms with van der Waals surface area (Å²) < 4.78 is 33.1. The van der Waals surface area contributed by atoms with Crippen LogP contribution in [-0.4, -0.2) is 49.3 Å². The van der Waals surface area contributed by atoms with Crippen LogP contribution in [-0.2, 0) is 32.7 Å². The van der Waals surface area contributed by atoms with Crippen LogP contribution < -0.4 is 5.73 Å². The highest BCUT2D eigenvalue weighted by Gasteiger charge is 2.26. The van der Waals surface area contributed by atoms with E-state index in [2.05, 4.69) is 74.6 Å². The Bertz CT molecular complexity index is 1390. The summed E-state index contributed by atoms with van der Waals surface area (Å²) in [5, 5.41) is 0. The van der Waals surface area contributed by atoms with Crippen LogP contribution in [0.3, 0.4) is 0 Å². The first-order valence-electron chi connectivity index (χ1n) is 31.3. The normalized spacial score (nSPS) is 13.4. The van der Waals surface area contributed by atoms with Crippen LogP contribution >= 0.6 is 7.82 Å². The van der Waals surface area contributed by atoms with E-state index in [0.29, 0.717) is 6.42 Å². The summed E-state index contributed by atoms with van der Waals surface area (Å²) in [6, 6.07) is 0. The topological polar surface area (TPSA) is 134 Å². The first kappa shape index (κ1) is 71.7. The molecule has 0 fully saturated rings. The van der Waals surface area contributed by atoms with E-state index in [-0.39, 0.29) is 38.6 Å². The number of rotatable bonds is 59. The number of esters is 2. The lowest BCUT2D eigenvalue weighted by molar-refractivity contribution is -0.161. The highest BCUT2D eigenvalue weighted by molar-refractivity contribution is 7.47. The van der Waals surface area contributed by atoms with Gasteiger partial charge in [-0.05, 0) is 57.8 Å². The van der Waals surface area contributed by atoms with Crippen LogP contribution in [0.25, 0.3) is 0 Å². The van der Waals surface area contributed by atoms with Crippen molar-refractivity contribution in [2.75, 3.05) is 26.4 Å². The third-order valence-electron chi connectivity index (χ3n) is 13.7. The molecule has 0 aromatic carbocycles. The van der Waals surface area contributed by atoms with Crippen molar-refractivity contribution in [2.45, 2.75) is 309 Å². The van der Waals surface area contributed by atoms with Gasteiger partial charge < -0.3 is 20.1 Å². The number of carbonyl (C=O) groups excluding carboxylic acids is 2. The molecule has 74 heavy (non-hydrogen) atoms. The fourth-order valence-electron chi connectivity index (χ4n) is 9.08. The molecule has 0 aliphatic heterocycles. The quantitative estimate of drug-likeness (QED) is 0.0264. The third kappa shape index (κ3) is 59.0. The Hall–Kier alpha value is -2.29. The highest BCUT2D eigenvalue weighted by atomic mass is 31.2. The van der Waals surface area contributed by atoms with Crippen molar-refractivity contribution < 1.29 is 37.6 Å². The molecule has 0 amide bonds. The molecule has 0 radical (unpaired) electrons. The van der Waals surface area contributed by atoms with Gasteiger partial charge in [0, 0.05) is 19.4 Å². The van der Waals surface area contributed by atoms with Crippen LogP contribution in [0.5, 0.6) is 0 Å². The van der Waals surface area contributed by atoms with Gasteiger partial charge in [0.1, 0.15) is 6.61 Å². The molecule has 3 N–H and O–H groups in total. The van der Waals surface area contributed by atoms with Crippen LogP contribution in [0.4, 0.5) is 0 Å². The number of nitrogens with two attached hydrogens (primary N) is 1. The van der Waals surface area contributed by atoms with Gasteiger partial charge in [-0.25, -0.2) is 4.57 Å². The van der Waals surface area contributed by atoms with E-state index >= 15 is 0 Å². The van der Waals surface area contributed by atoms with E-state index < -0.39 is 26.5 Å². The molecule has 0 aliphatic carbocycles. The fourth-order valence-corrected chi connectivity index (χ4v) is 9.84. The SMILES string of the molecule is CC/C=C\C/C=C\C/C=C\C/C=C\C/C=C\CCCCCCCCCCCCCC(=O)OC(COC(=O)CCCCCCCCCCCCCCCCCCCCCCCCCCCC)COP(=O)(O)OCCN. The van der Waals surface area contributed by atoms with Gasteiger partial charge >= 0.3 is 19.8 Å². The number of hydrogen-bond donors (Lipinski definition) is 2. The Morgan fingerprint density at radius 3 is 1.11 bits per heavy atom. The van der Waals surface area contributed by atoms with E-state index in [1.165, 1.54) is 193 Å². The van der Waals surface area contributed by atoms with Crippen LogP contribution in [0.15, 0.2) is 60.8 Å². The molecule has 0 heterocycles. The largest absolute Gasteiger partial charge is 0.472 e. The first-order chi connectivity index (χ1) is 36.3. The zero-order valence-corrected chi connectivity index (χ0v) is 49.2. The molecule has 0 spiro atoms. The van der Waals surface area contributed by atoms with Crippen molar-refractivity contribution in [1.82, 2.24) is 0 Å². The number of allylic oxidation sites excluding steroid dienone is 10. The summed E-state index contributed by atoms with van der Waals surface area (Å²) in [6.45, 7) is 3.68. The second-order valence-electron chi connectivity index (χ2n) is 20.9. The Morgan fingerprint density at radius 1 is 0.419 bits per heavy atom. The maximum atomic E-state index is 12.7. The smallest absolute Gasteiger partial charge is 0.462 e. The molecule has 0 aliphatic rings. The van der Waals surface area contributed by atoms with E-state index in [0.717, 1.165) is 77.0 Å². The molecule has 0 saturated heterocycles.